The van der Waals surface area contributed by atoms with Crippen molar-refractivity contribution in [3.63, 3.8) is 0 Å². The van der Waals surface area contributed by atoms with E-state index in [1.165, 1.54) is 11.8 Å². The monoisotopic (exact) mass is 347 g/mol. The molecule has 1 heterocycles. The standard InChI is InChI=1S/C18H24N2O5/c1-11(16(22)23)19-15(21)14-9-12-7-5-6-8-13(12)10-20(14)17(24)25-18(2,3)4/h5-8,11,14H,9-10H2,1-4H3,(H,19,21)(H,22,23)/p-1/t11-,14-/m0/s1. The zero-order valence-corrected chi connectivity index (χ0v) is 14.9. The zero-order valence-electron chi connectivity index (χ0n) is 14.9. The van der Waals surface area contributed by atoms with Gasteiger partial charge < -0.3 is 20.0 Å². The van der Waals surface area contributed by atoms with Gasteiger partial charge in [-0.25, -0.2) is 4.79 Å². The van der Waals surface area contributed by atoms with E-state index in [4.69, 9.17) is 4.74 Å². The number of benzene rings is 1. The van der Waals surface area contributed by atoms with Gasteiger partial charge in [-0.3, -0.25) is 9.69 Å². The smallest absolute Gasteiger partial charge is 0.411 e. The quantitative estimate of drug-likeness (QED) is 0.863. The van der Waals surface area contributed by atoms with Gasteiger partial charge in [-0.1, -0.05) is 24.3 Å². The third-order valence-electron chi connectivity index (χ3n) is 3.89. The number of carbonyl (C=O) groups excluding carboxylic acids is 3. The molecule has 0 aliphatic carbocycles. The fraction of sp³-hybridized carbons (Fsp3) is 0.500. The summed E-state index contributed by atoms with van der Waals surface area (Å²) < 4.78 is 5.40. The van der Waals surface area contributed by atoms with Crippen LogP contribution in [0.2, 0.25) is 0 Å². The summed E-state index contributed by atoms with van der Waals surface area (Å²) >= 11 is 0. The molecule has 1 N–H and O–H groups in total. The summed E-state index contributed by atoms with van der Waals surface area (Å²) in [7, 11) is 0. The Labute approximate surface area is 147 Å². The molecule has 1 aliphatic rings. The van der Waals surface area contributed by atoms with Gasteiger partial charge in [0.25, 0.3) is 0 Å². The third-order valence-corrected chi connectivity index (χ3v) is 3.89. The largest absolute Gasteiger partial charge is 0.548 e. The van der Waals surface area contributed by atoms with Gasteiger partial charge in [0.1, 0.15) is 11.6 Å². The minimum absolute atomic E-state index is 0.225. The number of hydrogen-bond donors (Lipinski definition) is 1. The topological polar surface area (TPSA) is 98.8 Å². The van der Waals surface area contributed by atoms with Gasteiger partial charge in [0.05, 0.1) is 18.6 Å². The normalized spacial score (nSPS) is 18.1. The van der Waals surface area contributed by atoms with E-state index in [9.17, 15) is 19.5 Å². The Morgan fingerprint density at radius 2 is 1.84 bits per heavy atom. The molecule has 7 heteroatoms. The Hall–Kier alpha value is -2.57. The SMILES string of the molecule is C[C@H](NC(=O)[C@@H]1Cc2ccccc2CN1C(=O)OC(C)(C)C)C(=O)[O-]. The highest BCUT2D eigenvalue weighted by atomic mass is 16.6. The summed E-state index contributed by atoms with van der Waals surface area (Å²) in [6, 6.07) is 5.52. The van der Waals surface area contributed by atoms with Crippen LogP contribution in [0.1, 0.15) is 38.8 Å². The fourth-order valence-corrected chi connectivity index (χ4v) is 2.64. The van der Waals surface area contributed by atoms with E-state index < -0.39 is 35.7 Å². The van der Waals surface area contributed by atoms with Crippen LogP contribution in [0.25, 0.3) is 0 Å². The van der Waals surface area contributed by atoms with Crippen LogP contribution in [0.15, 0.2) is 24.3 Å². The van der Waals surface area contributed by atoms with Crippen molar-refractivity contribution < 1.29 is 24.2 Å². The first-order valence-corrected chi connectivity index (χ1v) is 8.16. The van der Waals surface area contributed by atoms with E-state index in [0.717, 1.165) is 11.1 Å². The lowest BCUT2D eigenvalue weighted by molar-refractivity contribution is -0.307. The fourth-order valence-electron chi connectivity index (χ4n) is 2.64. The molecule has 25 heavy (non-hydrogen) atoms. The number of aliphatic carboxylic acids is 1. The summed E-state index contributed by atoms with van der Waals surface area (Å²) in [5.74, 6) is -1.93. The molecule has 0 radical (unpaired) electrons. The molecule has 0 aromatic heterocycles. The molecular formula is C18H23N2O5-. The lowest BCUT2D eigenvalue weighted by atomic mass is 9.93. The van der Waals surface area contributed by atoms with Crippen LogP contribution < -0.4 is 10.4 Å². The lowest BCUT2D eigenvalue weighted by Crippen LogP contribution is -2.57. The minimum Gasteiger partial charge on any atom is -0.548 e. The molecule has 1 aliphatic heterocycles. The van der Waals surface area contributed by atoms with Crippen LogP contribution in [0.5, 0.6) is 0 Å². The van der Waals surface area contributed by atoms with Crippen molar-refractivity contribution in [3.8, 4) is 0 Å². The molecular weight excluding hydrogens is 324 g/mol. The Morgan fingerprint density at radius 3 is 2.40 bits per heavy atom. The Morgan fingerprint density at radius 1 is 1.24 bits per heavy atom. The van der Waals surface area contributed by atoms with Gasteiger partial charge in [0, 0.05) is 6.42 Å². The molecule has 0 spiro atoms. The predicted octanol–water partition coefficient (Wildman–Crippen LogP) is 0.603. The molecule has 7 nitrogen and oxygen atoms in total. The second-order valence-corrected chi connectivity index (χ2v) is 7.15. The number of ether oxygens (including phenoxy) is 1. The highest BCUT2D eigenvalue weighted by Crippen LogP contribution is 2.25. The number of carboxylic acid groups (broad SMARTS) is 1. The van der Waals surface area contributed by atoms with Crippen molar-refractivity contribution in [1.29, 1.82) is 0 Å². The van der Waals surface area contributed by atoms with Gasteiger partial charge in [-0.15, -0.1) is 0 Å². The predicted molar refractivity (Wildman–Crippen MR) is 88.3 cm³/mol. The average Bonchev–Trinajstić information content (AvgIpc) is 2.51. The molecule has 1 aromatic rings. The van der Waals surface area contributed by atoms with Crippen LogP contribution in [0.4, 0.5) is 4.79 Å². The van der Waals surface area contributed by atoms with Crippen LogP contribution in [0, 0.1) is 0 Å². The van der Waals surface area contributed by atoms with Crippen molar-refractivity contribution >= 4 is 18.0 Å². The van der Waals surface area contributed by atoms with Crippen molar-refractivity contribution in [2.75, 3.05) is 0 Å². The third kappa shape index (κ3) is 4.71. The maximum atomic E-state index is 12.6. The maximum absolute atomic E-state index is 12.6. The highest BCUT2D eigenvalue weighted by Gasteiger charge is 2.37. The van der Waals surface area contributed by atoms with E-state index in [-0.39, 0.29) is 6.54 Å². The number of fused-ring (bicyclic) bond motifs is 1. The molecule has 2 amide bonds. The number of carbonyl (C=O) groups is 3. The van der Waals surface area contributed by atoms with E-state index in [1.807, 2.05) is 24.3 Å². The van der Waals surface area contributed by atoms with Gasteiger partial charge in [0.15, 0.2) is 0 Å². The number of nitrogens with zero attached hydrogens (tertiary/aromatic N) is 1. The molecule has 0 unspecified atom stereocenters. The van der Waals surface area contributed by atoms with Gasteiger partial charge in [-0.2, -0.15) is 0 Å². The summed E-state index contributed by atoms with van der Waals surface area (Å²) in [6.07, 6.45) is -0.315. The number of hydrogen-bond acceptors (Lipinski definition) is 5. The first kappa shape index (κ1) is 18.8. The van der Waals surface area contributed by atoms with E-state index >= 15 is 0 Å². The van der Waals surface area contributed by atoms with E-state index in [2.05, 4.69) is 5.32 Å². The minimum atomic E-state index is -1.38. The van der Waals surface area contributed by atoms with Crippen LogP contribution >= 0.6 is 0 Å². The number of carboxylic acids is 1. The van der Waals surface area contributed by atoms with Gasteiger partial charge >= 0.3 is 6.09 Å². The van der Waals surface area contributed by atoms with Crippen LogP contribution in [-0.4, -0.2) is 40.6 Å². The van der Waals surface area contributed by atoms with Crippen molar-refractivity contribution in [3.05, 3.63) is 35.4 Å². The second-order valence-electron chi connectivity index (χ2n) is 7.15. The summed E-state index contributed by atoms with van der Waals surface area (Å²) in [4.78, 5) is 37.3. The van der Waals surface area contributed by atoms with E-state index in [1.54, 1.807) is 20.8 Å². The first-order valence-electron chi connectivity index (χ1n) is 8.16. The lowest BCUT2D eigenvalue weighted by Gasteiger charge is -2.37. The second kappa shape index (κ2) is 7.13. The van der Waals surface area contributed by atoms with Gasteiger partial charge in [0.2, 0.25) is 5.91 Å². The number of amides is 2. The molecule has 1 aromatic carbocycles. The zero-order chi connectivity index (χ0) is 18.8. The van der Waals surface area contributed by atoms with E-state index in [0.29, 0.717) is 6.42 Å². The molecule has 2 rings (SSSR count). The van der Waals surface area contributed by atoms with Crippen molar-refractivity contribution in [1.82, 2.24) is 10.2 Å². The summed E-state index contributed by atoms with van der Waals surface area (Å²) in [5.41, 5.74) is 1.18. The Balaban J connectivity index is 2.27. The van der Waals surface area contributed by atoms with Crippen molar-refractivity contribution in [2.45, 2.75) is 58.3 Å². The maximum Gasteiger partial charge on any atom is 0.411 e. The van der Waals surface area contributed by atoms with Crippen LogP contribution in [0.3, 0.4) is 0 Å². The molecule has 0 bridgehead atoms. The molecule has 0 fully saturated rings. The molecule has 136 valence electrons. The Kier molecular flexibility index (Phi) is 5.35. The average molecular weight is 347 g/mol. The molecule has 0 saturated heterocycles. The molecule has 0 saturated carbocycles. The number of nitrogens with one attached hydrogen (secondary N) is 1. The van der Waals surface area contributed by atoms with Crippen molar-refractivity contribution in [2.24, 2.45) is 0 Å². The number of rotatable bonds is 3. The highest BCUT2D eigenvalue weighted by molar-refractivity contribution is 5.89. The van der Waals surface area contributed by atoms with Gasteiger partial charge in [-0.05, 0) is 38.8 Å². The first-order chi connectivity index (χ1) is 11.6. The molecule has 2 atom stereocenters. The Bertz CT molecular complexity index is 680. The summed E-state index contributed by atoms with van der Waals surface area (Å²) in [6.45, 7) is 6.78. The van der Waals surface area contributed by atoms with Crippen LogP contribution in [-0.2, 0) is 27.3 Å². The summed E-state index contributed by atoms with van der Waals surface area (Å²) in [5, 5.41) is 13.3.